The molecule has 1 amide bonds. The Morgan fingerprint density at radius 1 is 1.35 bits per heavy atom. The van der Waals surface area contributed by atoms with E-state index in [2.05, 4.69) is 5.32 Å². The average Bonchev–Trinajstić information content (AvgIpc) is 2.42. The summed E-state index contributed by atoms with van der Waals surface area (Å²) in [5.74, 6) is 0.0935. The van der Waals surface area contributed by atoms with Gasteiger partial charge in [-0.25, -0.2) is 0 Å². The summed E-state index contributed by atoms with van der Waals surface area (Å²) in [6.45, 7) is 2.42. The predicted molar refractivity (Wildman–Crippen MR) is 84.7 cm³/mol. The number of nitrogens with one attached hydrogen (secondary N) is 1. The molecule has 6 heteroatoms. The van der Waals surface area contributed by atoms with E-state index in [-0.39, 0.29) is 5.91 Å². The van der Waals surface area contributed by atoms with Gasteiger partial charge in [0.25, 0.3) is 0 Å². The zero-order valence-corrected chi connectivity index (χ0v) is 13.2. The number of methoxy groups -OCH3 is 1. The van der Waals surface area contributed by atoms with Crippen LogP contribution in [0.1, 0.15) is 38.5 Å². The van der Waals surface area contributed by atoms with Crippen molar-refractivity contribution in [3.8, 4) is 0 Å². The van der Waals surface area contributed by atoms with Gasteiger partial charge in [-0.05, 0) is 12.8 Å². The third-order valence-corrected chi connectivity index (χ3v) is 3.83. The maximum absolute atomic E-state index is 12.1. The first-order valence-corrected chi connectivity index (χ1v) is 7.81. The van der Waals surface area contributed by atoms with E-state index in [4.69, 9.17) is 22.7 Å². The second-order valence-electron chi connectivity index (χ2n) is 5.39. The Morgan fingerprint density at radius 3 is 2.65 bits per heavy atom. The highest BCUT2D eigenvalue weighted by Crippen LogP contribution is 2.17. The van der Waals surface area contributed by atoms with Crippen LogP contribution in [0.25, 0.3) is 0 Å². The first-order valence-electron chi connectivity index (χ1n) is 7.40. The highest BCUT2D eigenvalue weighted by molar-refractivity contribution is 7.80. The van der Waals surface area contributed by atoms with Gasteiger partial charge in [0.1, 0.15) is 0 Å². The fraction of sp³-hybridized carbons (Fsp3) is 0.857. The van der Waals surface area contributed by atoms with Gasteiger partial charge >= 0.3 is 0 Å². The number of carbonyl (C=O) groups excluding carboxylic acids is 1. The Morgan fingerprint density at radius 2 is 2.05 bits per heavy atom. The van der Waals surface area contributed by atoms with E-state index < -0.39 is 0 Å². The van der Waals surface area contributed by atoms with E-state index >= 15 is 0 Å². The van der Waals surface area contributed by atoms with Crippen LogP contribution in [-0.4, -0.2) is 55.2 Å². The number of thiocarbonyl (C=S) groups is 1. The van der Waals surface area contributed by atoms with Crippen molar-refractivity contribution in [1.29, 1.82) is 0 Å². The zero-order chi connectivity index (χ0) is 14.8. The number of nitrogens with two attached hydrogens (primary N) is 1. The Hall–Kier alpha value is -0.720. The molecule has 116 valence electrons. The Balaban J connectivity index is 2.32. The number of hydrogen-bond donors (Lipinski definition) is 2. The lowest BCUT2D eigenvalue weighted by molar-refractivity contribution is -0.123. The van der Waals surface area contributed by atoms with E-state index in [9.17, 15) is 4.79 Å². The fourth-order valence-electron chi connectivity index (χ4n) is 2.48. The van der Waals surface area contributed by atoms with Crippen molar-refractivity contribution in [2.45, 2.75) is 44.6 Å². The van der Waals surface area contributed by atoms with Crippen molar-refractivity contribution < 1.29 is 9.53 Å². The molecule has 0 aromatic carbocycles. The Kier molecular flexibility index (Phi) is 8.73. The molecule has 20 heavy (non-hydrogen) atoms. The number of hydrogen-bond acceptors (Lipinski definition) is 4. The smallest absolute Gasteiger partial charge is 0.234 e. The molecular formula is C14H27N3O2S. The summed E-state index contributed by atoms with van der Waals surface area (Å²) in [5, 5.41) is 3.13. The summed E-state index contributed by atoms with van der Waals surface area (Å²) < 4.78 is 5.07. The number of amides is 1. The Labute approximate surface area is 127 Å². The summed E-state index contributed by atoms with van der Waals surface area (Å²) in [6.07, 6.45) is 6.59. The lowest BCUT2D eigenvalue weighted by Gasteiger charge is -2.25. The topological polar surface area (TPSA) is 67.6 Å². The molecule has 1 saturated carbocycles. The van der Waals surface area contributed by atoms with Crippen molar-refractivity contribution in [3.63, 3.8) is 0 Å². The normalized spacial score (nSPS) is 16.3. The van der Waals surface area contributed by atoms with Crippen LogP contribution in [0.2, 0.25) is 0 Å². The largest absolute Gasteiger partial charge is 0.393 e. The molecule has 0 aromatic rings. The quantitative estimate of drug-likeness (QED) is 0.623. The summed E-state index contributed by atoms with van der Waals surface area (Å²) in [5.41, 5.74) is 5.52. The van der Waals surface area contributed by atoms with Crippen LogP contribution in [0, 0.1) is 0 Å². The SMILES string of the molecule is COCCN(CCC(N)=S)CC(=O)NC1CCCCC1. The van der Waals surface area contributed by atoms with Crippen LogP contribution in [-0.2, 0) is 9.53 Å². The standard InChI is InChI=1S/C14H27N3O2S/c1-19-10-9-17(8-7-13(15)20)11-14(18)16-12-5-3-2-4-6-12/h12H,2-11H2,1H3,(H2,15,20)(H,16,18). The van der Waals surface area contributed by atoms with E-state index in [1.165, 1.54) is 19.3 Å². The van der Waals surface area contributed by atoms with Crippen molar-refractivity contribution >= 4 is 23.1 Å². The summed E-state index contributed by atoms with van der Waals surface area (Å²) in [4.78, 5) is 14.6. The number of nitrogens with zero attached hydrogens (tertiary/aromatic N) is 1. The van der Waals surface area contributed by atoms with Gasteiger partial charge in [-0.3, -0.25) is 9.69 Å². The molecule has 0 saturated heterocycles. The van der Waals surface area contributed by atoms with Crippen LogP contribution in [0.5, 0.6) is 0 Å². The summed E-state index contributed by atoms with van der Waals surface area (Å²) in [6, 6.07) is 0.358. The van der Waals surface area contributed by atoms with E-state index in [1.807, 2.05) is 4.90 Å². The molecule has 5 nitrogen and oxygen atoms in total. The molecular weight excluding hydrogens is 274 g/mol. The van der Waals surface area contributed by atoms with Gasteiger partial charge in [0.15, 0.2) is 0 Å². The molecule has 1 aliphatic rings. The molecule has 0 unspecified atom stereocenters. The van der Waals surface area contributed by atoms with Crippen LogP contribution in [0.3, 0.4) is 0 Å². The third kappa shape index (κ3) is 7.77. The molecule has 0 aromatic heterocycles. The van der Waals surface area contributed by atoms with Gasteiger partial charge in [0.2, 0.25) is 5.91 Å². The van der Waals surface area contributed by atoms with Gasteiger partial charge in [-0.2, -0.15) is 0 Å². The Bertz CT molecular complexity index is 307. The third-order valence-electron chi connectivity index (χ3n) is 3.62. The van der Waals surface area contributed by atoms with Crippen molar-refractivity contribution in [3.05, 3.63) is 0 Å². The lowest BCUT2D eigenvalue weighted by Crippen LogP contribution is -2.44. The van der Waals surface area contributed by atoms with E-state index in [1.54, 1.807) is 7.11 Å². The summed E-state index contributed by atoms with van der Waals surface area (Å²) >= 11 is 4.89. The second kappa shape index (κ2) is 10.1. The monoisotopic (exact) mass is 301 g/mol. The molecule has 3 N–H and O–H groups in total. The van der Waals surface area contributed by atoms with Crippen LogP contribution in [0.4, 0.5) is 0 Å². The minimum Gasteiger partial charge on any atom is -0.393 e. The van der Waals surface area contributed by atoms with Crippen LogP contribution in [0.15, 0.2) is 0 Å². The predicted octanol–water partition coefficient (Wildman–Crippen LogP) is 1.06. The minimum atomic E-state index is 0.0935. The van der Waals surface area contributed by atoms with E-state index in [0.717, 1.165) is 19.4 Å². The van der Waals surface area contributed by atoms with Crippen molar-refractivity contribution in [2.75, 3.05) is 33.4 Å². The van der Waals surface area contributed by atoms with Gasteiger partial charge < -0.3 is 15.8 Å². The molecule has 1 rings (SSSR count). The van der Waals surface area contributed by atoms with Crippen LogP contribution >= 0.6 is 12.2 Å². The fourth-order valence-corrected chi connectivity index (χ4v) is 2.57. The zero-order valence-electron chi connectivity index (χ0n) is 12.4. The molecule has 1 fully saturated rings. The average molecular weight is 301 g/mol. The van der Waals surface area contributed by atoms with Gasteiger partial charge in [-0.15, -0.1) is 0 Å². The molecule has 0 bridgehead atoms. The lowest BCUT2D eigenvalue weighted by atomic mass is 9.95. The van der Waals surface area contributed by atoms with Gasteiger partial charge in [0, 0.05) is 32.7 Å². The maximum atomic E-state index is 12.1. The van der Waals surface area contributed by atoms with Gasteiger partial charge in [0.05, 0.1) is 18.1 Å². The molecule has 0 heterocycles. The first-order chi connectivity index (χ1) is 9.61. The van der Waals surface area contributed by atoms with Gasteiger partial charge in [-0.1, -0.05) is 31.5 Å². The summed E-state index contributed by atoms with van der Waals surface area (Å²) in [7, 11) is 1.66. The highest BCUT2D eigenvalue weighted by Gasteiger charge is 2.17. The second-order valence-corrected chi connectivity index (χ2v) is 5.91. The highest BCUT2D eigenvalue weighted by atomic mass is 32.1. The van der Waals surface area contributed by atoms with Crippen LogP contribution < -0.4 is 11.1 Å². The van der Waals surface area contributed by atoms with Crippen molar-refractivity contribution in [2.24, 2.45) is 5.73 Å². The minimum absolute atomic E-state index is 0.0935. The first kappa shape index (κ1) is 17.3. The van der Waals surface area contributed by atoms with Crippen molar-refractivity contribution in [1.82, 2.24) is 10.2 Å². The number of carbonyl (C=O) groups is 1. The molecule has 0 radical (unpaired) electrons. The molecule has 0 spiro atoms. The molecule has 0 aliphatic heterocycles. The molecule has 0 atom stereocenters. The maximum Gasteiger partial charge on any atom is 0.234 e. The molecule has 1 aliphatic carbocycles. The number of ether oxygens (including phenoxy) is 1. The van der Waals surface area contributed by atoms with E-state index in [0.29, 0.717) is 37.1 Å². The number of rotatable bonds is 9.